The number of hydrogen-bond donors (Lipinski definition) is 1. The minimum Gasteiger partial charge on any atom is -0.492 e. The number of rotatable bonds is 6. The largest absolute Gasteiger partial charge is 0.492 e. The molecule has 3 rings (SSSR count). The van der Waals surface area contributed by atoms with Gasteiger partial charge in [0.25, 0.3) is 0 Å². The van der Waals surface area contributed by atoms with Crippen molar-refractivity contribution >= 4 is 0 Å². The molecule has 0 bridgehead atoms. The Morgan fingerprint density at radius 3 is 2.86 bits per heavy atom. The zero-order valence-electron chi connectivity index (χ0n) is 13.1. The highest BCUT2D eigenvalue weighted by Gasteiger charge is 2.30. The number of benzene rings is 1. The summed E-state index contributed by atoms with van der Waals surface area (Å²) in [5.41, 5.74) is 1.29. The van der Waals surface area contributed by atoms with E-state index in [1.807, 2.05) is 7.05 Å². The lowest BCUT2D eigenvalue weighted by Gasteiger charge is -2.37. The van der Waals surface area contributed by atoms with Crippen molar-refractivity contribution in [2.24, 2.45) is 0 Å². The smallest absolute Gasteiger partial charge is 0.119 e. The molecular weight excluding hydrogens is 262 g/mol. The second-order valence-electron chi connectivity index (χ2n) is 6.16. The van der Waals surface area contributed by atoms with Gasteiger partial charge in [0.2, 0.25) is 0 Å². The predicted octanol–water partition coefficient (Wildman–Crippen LogP) is 1.56. The zero-order chi connectivity index (χ0) is 14.5. The Morgan fingerprint density at radius 2 is 2.05 bits per heavy atom. The minimum atomic E-state index is 0.790. The van der Waals surface area contributed by atoms with Crippen molar-refractivity contribution < 1.29 is 4.74 Å². The molecule has 0 amide bonds. The minimum absolute atomic E-state index is 0.790. The highest BCUT2D eigenvalue weighted by molar-refractivity contribution is 5.27. The second kappa shape index (κ2) is 7.25. The summed E-state index contributed by atoms with van der Waals surface area (Å²) in [5.74, 6) is 0.981. The van der Waals surface area contributed by atoms with Gasteiger partial charge >= 0.3 is 0 Å². The molecule has 1 atom stereocenters. The molecule has 2 aliphatic heterocycles. The van der Waals surface area contributed by atoms with E-state index >= 15 is 0 Å². The van der Waals surface area contributed by atoms with E-state index in [1.54, 1.807) is 0 Å². The summed E-state index contributed by atoms with van der Waals surface area (Å²) in [6.45, 7) is 7.72. The maximum absolute atomic E-state index is 5.88. The monoisotopic (exact) mass is 289 g/mol. The van der Waals surface area contributed by atoms with Crippen LogP contribution in [0.25, 0.3) is 0 Å². The maximum Gasteiger partial charge on any atom is 0.119 e. The molecule has 0 saturated carbocycles. The second-order valence-corrected chi connectivity index (χ2v) is 6.16. The van der Waals surface area contributed by atoms with Gasteiger partial charge in [0, 0.05) is 38.8 Å². The molecule has 116 valence electrons. The molecule has 4 heteroatoms. The third-order valence-corrected chi connectivity index (χ3v) is 4.65. The number of nitrogens with zero attached hydrogens (tertiary/aromatic N) is 2. The van der Waals surface area contributed by atoms with Crippen LogP contribution >= 0.6 is 0 Å². The normalized spacial score (nSPS) is 23.2. The molecule has 1 unspecified atom stereocenters. The van der Waals surface area contributed by atoms with Gasteiger partial charge in [-0.1, -0.05) is 12.1 Å². The quantitative estimate of drug-likeness (QED) is 0.860. The van der Waals surface area contributed by atoms with Crippen molar-refractivity contribution in [2.45, 2.75) is 25.4 Å². The summed E-state index contributed by atoms with van der Waals surface area (Å²) in [6.07, 6.45) is 2.76. The lowest BCUT2D eigenvalue weighted by molar-refractivity contribution is 0.0923. The summed E-state index contributed by atoms with van der Waals surface area (Å²) < 4.78 is 5.88. The third-order valence-electron chi connectivity index (χ3n) is 4.65. The standard InChI is InChI=1S/C17H27N3O/c1-18-13-15-4-6-17(7-5-15)21-12-11-19-9-10-20-8-2-3-16(20)14-19/h4-7,16,18H,2-3,8-14H2,1H3. The predicted molar refractivity (Wildman–Crippen MR) is 85.7 cm³/mol. The summed E-state index contributed by atoms with van der Waals surface area (Å²) in [7, 11) is 1.97. The van der Waals surface area contributed by atoms with Crippen LogP contribution in [0.5, 0.6) is 5.75 Å². The van der Waals surface area contributed by atoms with Crippen LogP contribution in [0, 0.1) is 0 Å². The first-order valence-corrected chi connectivity index (χ1v) is 8.18. The topological polar surface area (TPSA) is 27.7 Å². The fourth-order valence-corrected chi connectivity index (χ4v) is 3.46. The van der Waals surface area contributed by atoms with Gasteiger partial charge in [-0.05, 0) is 44.1 Å². The van der Waals surface area contributed by atoms with Crippen LogP contribution in [0.4, 0.5) is 0 Å². The lowest BCUT2D eigenvalue weighted by atomic mass is 10.1. The third kappa shape index (κ3) is 3.96. The average molecular weight is 289 g/mol. The molecule has 0 aliphatic carbocycles. The highest BCUT2D eigenvalue weighted by atomic mass is 16.5. The van der Waals surface area contributed by atoms with Gasteiger partial charge in [-0.2, -0.15) is 0 Å². The SMILES string of the molecule is CNCc1ccc(OCCN2CCN3CCCC3C2)cc1. The van der Waals surface area contributed by atoms with Gasteiger partial charge < -0.3 is 10.1 Å². The van der Waals surface area contributed by atoms with Gasteiger partial charge in [-0.15, -0.1) is 0 Å². The summed E-state index contributed by atoms with van der Waals surface area (Å²) in [6, 6.07) is 9.20. The Morgan fingerprint density at radius 1 is 1.19 bits per heavy atom. The first kappa shape index (κ1) is 14.8. The molecule has 2 aliphatic rings. The summed E-state index contributed by atoms with van der Waals surface area (Å²) in [5, 5.41) is 3.16. The van der Waals surface area contributed by atoms with E-state index in [0.717, 1.165) is 31.5 Å². The maximum atomic E-state index is 5.88. The molecule has 0 radical (unpaired) electrons. The van der Waals surface area contributed by atoms with Crippen molar-refractivity contribution in [3.8, 4) is 5.75 Å². The molecule has 1 N–H and O–H groups in total. The summed E-state index contributed by atoms with van der Waals surface area (Å²) in [4.78, 5) is 5.21. The van der Waals surface area contributed by atoms with Crippen LogP contribution in [-0.4, -0.2) is 62.2 Å². The van der Waals surface area contributed by atoms with Crippen LogP contribution < -0.4 is 10.1 Å². The van der Waals surface area contributed by atoms with Crippen molar-refractivity contribution in [1.82, 2.24) is 15.1 Å². The Bertz CT molecular complexity index is 434. The van der Waals surface area contributed by atoms with Crippen molar-refractivity contribution in [2.75, 3.05) is 46.4 Å². The van der Waals surface area contributed by atoms with Crippen LogP contribution in [0.2, 0.25) is 0 Å². The van der Waals surface area contributed by atoms with E-state index in [0.29, 0.717) is 0 Å². The van der Waals surface area contributed by atoms with E-state index in [4.69, 9.17) is 4.74 Å². The molecule has 21 heavy (non-hydrogen) atoms. The Hall–Kier alpha value is -1.10. The van der Waals surface area contributed by atoms with Gasteiger partial charge in [0.1, 0.15) is 12.4 Å². The van der Waals surface area contributed by atoms with E-state index in [2.05, 4.69) is 39.4 Å². The fourth-order valence-electron chi connectivity index (χ4n) is 3.46. The molecule has 4 nitrogen and oxygen atoms in total. The van der Waals surface area contributed by atoms with Gasteiger partial charge in [-0.25, -0.2) is 0 Å². The van der Waals surface area contributed by atoms with E-state index in [1.165, 1.54) is 44.6 Å². The van der Waals surface area contributed by atoms with Crippen LogP contribution in [-0.2, 0) is 6.54 Å². The van der Waals surface area contributed by atoms with Crippen molar-refractivity contribution in [3.05, 3.63) is 29.8 Å². The number of nitrogens with one attached hydrogen (secondary N) is 1. The molecule has 2 fully saturated rings. The van der Waals surface area contributed by atoms with Crippen molar-refractivity contribution in [1.29, 1.82) is 0 Å². The molecular formula is C17H27N3O. The molecule has 2 saturated heterocycles. The van der Waals surface area contributed by atoms with Crippen LogP contribution in [0.15, 0.2) is 24.3 Å². The van der Waals surface area contributed by atoms with Gasteiger partial charge in [0.15, 0.2) is 0 Å². The molecule has 1 aromatic carbocycles. The number of ether oxygens (including phenoxy) is 1. The molecule has 2 heterocycles. The van der Waals surface area contributed by atoms with E-state index in [9.17, 15) is 0 Å². The fraction of sp³-hybridized carbons (Fsp3) is 0.647. The number of piperazine rings is 1. The van der Waals surface area contributed by atoms with Crippen molar-refractivity contribution in [3.63, 3.8) is 0 Å². The van der Waals surface area contributed by atoms with Crippen LogP contribution in [0.1, 0.15) is 18.4 Å². The van der Waals surface area contributed by atoms with Gasteiger partial charge in [0.05, 0.1) is 0 Å². The van der Waals surface area contributed by atoms with E-state index < -0.39 is 0 Å². The van der Waals surface area contributed by atoms with Crippen LogP contribution in [0.3, 0.4) is 0 Å². The Labute approximate surface area is 128 Å². The zero-order valence-corrected chi connectivity index (χ0v) is 13.1. The Balaban J connectivity index is 1.39. The number of hydrogen-bond acceptors (Lipinski definition) is 4. The molecule has 0 aromatic heterocycles. The Kier molecular flexibility index (Phi) is 5.12. The highest BCUT2D eigenvalue weighted by Crippen LogP contribution is 2.21. The number of fused-ring (bicyclic) bond motifs is 1. The van der Waals surface area contributed by atoms with Gasteiger partial charge in [-0.3, -0.25) is 9.80 Å². The lowest BCUT2D eigenvalue weighted by Crippen LogP contribution is -2.50. The average Bonchev–Trinajstić information content (AvgIpc) is 2.97. The van der Waals surface area contributed by atoms with E-state index in [-0.39, 0.29) is 0 Å². The summed E-state index contributed by atoms with van der Waals surface area (Å²) >= 11 is 0. The molecule has 1 aromatic rings. The first-order chi connectivity index (χ1) is 10.3. The molecule has 0 spiro atoms. The first-order valence-electron chi connectivity index (χ1n) is 8.18.